The van der Waals surface area contributed by atoms with Gasteiger partial charge in [-0.25, -0.2) is 0 Å². The Balaban J connectivity index is 1.06. The van der Waals surface area contributed by atoms with Gasteiger partial charge in [0.05, 0.1) is 19.2 Å². The minimum absolute atomic E-state index is 0.0237. The second-order valence-corrected chi connectivity index (χ2v) is 19.5. The maximum absolute atomic E-state index is 12.6. The molecule has 3 saturated heterocycles. The smallest absolute Gasteiger partial charge is 0.268 e. The summed E-state index contributed by atoms with van der Waals surface area (Å²) < 4.78 is 34.8. The van der Waals surface area contributed by atoms with Crippen molar-refractivity contribution >= 4 is 7.82 Å². The van der Waals surface area contributed by atoms with E-state index in [0.717, 1.165) is 133 Å². The van der Waals surface area contributed by atoms with Crippen LogP contribution >= 0.6 is 7.82 Å². The number of nitrogens with one attached hydrogen (secondary N) is 1. The number of rotatable bonds is 24. The highest BCUT2D eigenvalue weighted by atomic mass is 31.2. The SMILES string of the molecule is COC1(C#CC(O)(c2ccccc2)C2CCCCCCC2)C[N+]2(Cc3cc(C(O)CNCCCCCCOCCCCc4ccccc4)ccc3OCOP(=O)([O-])O)CCC1CC2. The predicted molar refractivity (Wildman–Crippen MR) is 244 cm³/mol. The second-order valence-electron chi connectivity index (χ2n) is 18.3. The standard InChI is InChI=1S/C51H73N2O9P/c1-59-50(30-31-51(55,47-24-13-8-14-25-47)46-22-11-3-2-4-12-23-46)40-53(33-28-45(50)29-34-53)39-44-37-43(26-27-49(44)61-41-62-63(56,57)58)48(54)38-52-32-16-5-6-17-35-60-36-18-15-21-42-19-9-7-10-20-42/h7-10,13-14,19-20,24-27,37,45-46,48,52,54-55H,2-6,11-12,15-18,21-23,28-29,32-36,38-41H2,1H3,(H-,56,57,58). The number of aliphatic hydroxyl groups excluding tert-OH is 1. The zero-order valence-corrected chi connectivity index (χ0v) is 38.5. The van der Waals surface area contributed by atoms with Gasteiger partial charge in [0, 0.05) is 57.1 Å². The molecule has 1 saturated carbocycles. The molecular weight excluding hydrogens is 816 g/mol. The molecule has 12 heteroatoms. The minimum atomic E-state index is -5.00. The van der Waals surface area contributed by atoms with Crippen LogP contribution in [0.1, 0.15) is 125 Å². The first-order valence-corrected chi connectivity index (χ1v) is 25.2. The van der Waals surface area contributed by atoms with Crippen molar-refractivity contribution in [1.82, 2.24) is 5.32 Å². The number of aryl methyl sites for hydroxylation is 1. The van der Waals surface area contributed by atoms with Gasteiger partial charge in [0.25, 0.3) is 7.82 Å². The summed E-state index contributed by atoms with van der Waals surface area (Å²) in [5.41, 5.74) is 1.64. The number of phosphoric ester groups is 1. The highest BCUT2D eigenvalue weighted by Gasteiger charge is 2.56. The first-order valence-electron chi connectivity index (χ1n) is 23.7. The fourth-order valence-electron chi connectivity index (χ4n) is 10.2. The van der Waals surface area contributed by atoms with Crippen LogP contribution in [0.25, 0.3) is 0 Å². The zero-order valence-electron chi connectivity index (χ0n) is 37.6. The van der Waals surface area contributed by atoms with Gasteiger partial charge in [0.2, 0.25) is 0 Å². The van der Waals surface area contributed by atoms with E-state index in [1.165, 1.54) is 24.8 Å². The van der Waals surface area contributed by atoms with Gasteiger partial charge < -0.3 is 44.0 Å². The van der Waals surface area contributed by atoms with Gasteiger partial charge in [-0.15, -0.1) is 0 Å². The number of methoxy groups -OCH3 is 1. The molecule has 4 fully saturated rings. The van der Waals surface area contributed by atoms with Crippen LogP contribution < -0.4 is 14.9 Å². The molecular formula is C51H73N2O9P. The fourth-order valence-corrected chi connectivity index (χ4v) is 10.4. The average molecular weight is 889 g/mol. The Labute approximate surface area is 376 Å². The van der Waals surface area contributed by atoms with Crippen molar-refractivity contribution in [3.05, 3.63) is 101 Å². The van der Waals surface area contributed by atoms with E-state index in [9.17, 15) is 24.6 Å². The molecule has 7 rings (SSSR count). The molecule has 3 aromatic rings. The molecule has 4 unspecified atom stereocenters. The molecule has 63 heavy (non-hydrogen) atoms. The summed E-state index contributed by atoms with van der Waals surface area (Å²) in [5.74, 6) is 7.76. The van der Waals surface area contributed by atoms with E-state index >= 15 is 0 Å². The van der Waals surface area contributed by atoms with E-state index in [0.29, 0.717) is 29.9 Å². The van der Waals surface area contributed by atoms with Crippen molar-refractivity contribution in [3.8, 4) is 17.6 Å². The third-order valence-corrected chi connectivity index (χ3v) is 14.3. The highest BCUT2D eigenvalue weighted by molar-refractivity contribution is 7.44. The molecule has 4 N–H and O–H groups in total. The fraction of sp³-hybridized carbons (Fsp3) is 0.608. The summed E-state index contributed by atoms with van der Waals surface area (Å²) in [5, 5.41) is 27.4. The van der Waals surface area contributed by atoms with E-state index in [-0.39, 0.29) is 11.8 Å². The molecule has 0 spiro atoms. The lowest BCUT2D eigenvalue weighted by molar-refractivity contribution is -0.961. The molecule has 3 aliphatic heterocycles. The number of fused-ring (bicyclic) bond motifs is 3. The number of unbranched alkanes of at least 4 members (excludes halogenated alkanes) is 4. The Morgan fingerprint density at radius 3 is 2.25 bits per heavy atom. The van der Waals surface area contributed by atoms with Gasteiger partial charge >= 0.3 is 0 Å². The number of hydrogen-bond acceptors (Lipinski definition) is 9. The van der Waals surface area contributed by atoms with E-state index in [4.69, 9.17) is 14.2 Å². The topological polar surface area (TPSA) is 150 Å². The summed E-state index contributed by atoms with van der Waals surface area (Å²) >= 11 is 0. The third kappa shape index (κ3) is 14.7. The molecule has 2 bridgehead atoms. The van der Waals surface area contributed by atoms with Crippen molar-refractivity contribution in [2.45, 2.75) is 127 Å². The third-order valence-electron chi connectivity index (χ3n) is 13.9. The summed E-state index contributed by atoms with van der Waals surface area (Å²) in [6.45, 7) is 5.01. The zero-order chi connectivity index (χ0) is 44.4. The van der Waals surface area contributed by atoms with Crippen LogP contribution in [0, 0.1) is 23.7 Å². The Kier molecular flexibility index (Phi) is 19.1. The largest absolute Gasteiger partial charge is 0.756 e. The summed E-state index contributed by atoms with van der Waals surface area (Å²) in [6.07, 6.45) is 16.2. The number of benzene rings is 3. The van der Waals surface area contributed by atoms with Crippen LogP contribution in [0.3, 0.4) is 0 Å². The number of quaternary nitrogens is 1. The monoisotopic (exact) mass is 889 g/mol. The van der Waals surface area contributed by atoms with Crippen molar-refractivity contribution < 1.29 is 47.8 Å². The van der Waals surface area contributed by atoms with Crippen LogP contribution in [0.2, 0.25) is 0 Å². The first-order chi connectivity index (χ1) is 30.5. The van der Waals surface area contributed by atoms with Crippen LogP contribution in [0.4, 0.5) is 0 Å². The lowest BCUT2D eigenvalue weighted by atomic mass is 9.71. The maximum atomic E-state index is 12.6. The normalized spacial score (nSPS) is 24.0. The van der Waals surface area contributed by atoms with E-state index in [2.05, 4.69) is 52.0 Å². The molecule has 0 amide bonds. The van der Waals surface area contributed by atoms with Crippen LogP contribution in [-0.2, 0) is 37.1 Å². The molecule has 0 radical (unpaired) electrons. The number of nitrogens with zero attached hydrogens (tertiary/aromatic N) is 1. The van der Waals surface area contributed by atoms with Gasteiger partial charge in [0.1, 0.15) is 18.8 Å². The van der Waals surface area contributed by atoms with Crippen LogP contribution in [-0.4, -0.2) is 85.0 Å². The molecule has 4 aliphatic rings. The molecule has 346 valence electrons. The molecule has 11 nitrogen and oxygen atoms in total. The lowest BCUT2D eigenvalue weighted by Gasteiger charge is -2.56. The van der Waals surface area contributed by atoms with Gasteiger partial charge in [0.15, 0.2) is 18.0 Å². The van der Waals surface area contributed by atoms with Crippen molar-refractivity contribution in [2.24, 2.45) is 11.8 Å². The molecule has 3 aromatic carbocycles. The highest BCUT2D eigenvalue weighted by Crippen LogP contribution is 2.45. The Morgan fingerprint density at radius 2 is 1.56 bits per heavy atom. The molecule has 3 heterocycles. The molecule has 1 aliphatic carbocycles. The van der Waals surface area contributed by atoms with Gasteiger partial charge in [-0.05, 0) is 80.3 Å². The maximum Gasteiger partial charge on any atom is 0.268 e. The summed E-state index contributed by atoms with van der Waals surface area (Å²) in [4.78, 5) is 20.7. The van der Waals surface area contributed by atoms with Crippen molar-refractivity contribution in [1.29, 1.82) is 0 Å². The quantitative estimate of drug-likeness (QED) is 0.0229. The number of hydrogen-bond donors (Lipinski definition) is 4. The number of phosphoric acid groups is 1. The summed E-state index contributed by atoms with van der Waals surface area (Å²) in [7, 11) is -3.26. The van der Waals surface area contributed by atoms with Gasteiger partial charge in [-0.3, -0.25) is 9.09 Å². The second kappa shape index (κ2) is 24.4. The number of aliphatic hydroxyl groups is 2. The summed E-state index contributed by atoms with van der Waals surface area (Å²) in [6, 6.07) is 26.0. The van der Waals surface area contributed by atoms with Crippen molar-refractivity contribution in [2.75, 3.05) is 59.8 Å². The first kappa shape index (κ1) is 49.3. The van der Waals surface area contributed by atoms with Crippen molar-refractivity contribution in [3.63, 3.8) is 0 Å². The van der Waals surface area contributed by atoms with Gasteiger partial charge in [-0.2, -0.15) is 0 Å². The molecule has 4 atom stereocenters. The Bertz CT molecular complexity index is 1900. The number of piperidine rings is 3. The van der Waals surface area contributed by atoms with E-state index in [1.807, 2.05) is 36.4 Å². The Morgan fingerprint density at radius 1 is 0.889 bits per heavy atom. The average Bonchev–Trinajstić information content (AvgIpc) is 3.28. The van der Waals surface area contributed by atoms with Crippen LogP contribution in [0.15, 0.2) is 78.9 Å². The van der Waals surface area contributed by atoms with Crippen LogP contribution in [0.5, 0.6) is 5.75 Å². The van der Waals surface area contributed by atoms with E-state index in [1.54, 1.807) is 19.2 Å². The molecule has 0 aromatic heterocycles. The Hall–Kier alpha value is -3.11. The lowest BCUT2D eigenvalue weighted by Crippen LogP contribution is -2.68. The van der Waals surface area contributed by atoms with Gasteiger partial charge in [-0.1, -0.05) is 124 Å². The number of ether oxygens (including phenoxy) is 3. The minimum Gasteiger partial charge on any atom is -0.756 e. The van der Waals surface area contributed by atoms with E-state index < -0.39 is 31.9 Å². The predicted octanol–water partition coefficient (Wildman–Crippen LogP) is 8.10.